The lowest BCUT2D eigenvalue weighted by molar-refractivity contribution is -0.127. The highest BCUT2D eigenvalue weighted by atomic mass is 79.9. The SMILES string of the molecule is CCCNC(C)(C)C(=O)N[C@H](COCc1ccccc1)c1nnc2ccc(Br)cn12. The molecule has 1 aromatic carbocycles. The fourth-order valence-corrected chi connectivity index (χ4v) is 3.36. The second kappa shape index (κ2) is 10.1. The molecule has 0 saturated heterocycles. The van der Waals surface area contributed by atoms with E-state index < -0.39 is 11.6 Å². The summed E-state index contributed by atoms with van der Waals surface area (Å²) in [5, 5.41) is 15.0. The second-order valence-electron chi connectivity index (χ2n) is 7.71. The zero-order valence-corrected chi connectivity index (χ0v) is 19.1. The average molecular weight is 474 g/mol. The number of pyridine rings is 1. The van der Waals surface area contributed by atoms with Crippen molar-refractivity contribution >= 4 is 27.5 Å². The lowest BCUT2D eigenvalue weighted by Crippen LogP contribution is -2.54. The van der Waals surface area contributed by atoms with Crippen molar-refractivity contribution in [2.75, 3.05) is 13.2 Å². The van der Waals surface area contributed by atoms with E-state index in [0.29, 0.717) is 18.1 Å². The molecular weight excluding hydrogens is 446 g/mol. The summed E-state index contributed by atoms with van der Waals surface area (Å²) >= 11 is 3.49. The van der Waals surface area contributed by atoms with Gasteiger partial charge in [-0.3, -0.25) is 9.20 Å². The van der Waals surface area contributed by atoms with E-state index in [0.717, 1.165) is 23.0 Å². The maximum absolute atomic E-state index is 13.0. The van der Waals surface area contributed by atoms with Crippen LogP contribution in [0.4, 0.5) is 0 Å². The third kappa shape index (κ3) is 5.65. The molecule has 1 amide bonds. The highest BCUT2D eigenvalue weighted by Gasteiger charge is 2.30. The minimum Gasteiger partial charge on any atom is -0.374 e. The van der Waals surface area contributed by atoms with Gasteiger partial charge in [0.05, 0.1) is 18.8 Å². The van der Waals surface area contributed by atoms with E-state index in [1.807, 2.05) is 66.9 Å². The number of hydrogen-bond donors (Lipinski definition) is 2. The first-order valence-corrected chi connectivity index (χ1v) is 10.9. The van der Waals surface area contributed by atoms with Gasteiger partial charge >= 0.3 is 0 Å². The normalized spacial score (nSPS) is 12.8. The van der Waals surface area contributed by atoms with Crippen LogP contribution in [0.2, 0.25) is 0 Å². The fourth-order valence-electron chi connectivity index (χ4n) is 3.03. The monoisotopic (exact) mass is 473 g/mol. The molecule has 0 radical (unpaired) electrons. The van der Waals surface area contributed by atoms with Crippen molar-refractivity contribution in [2.24, 2.45) is 0 Å². The molecule has 160 valence electrons. The van der Waals surface area contributed by atoms with Gasteiger partial charge in [-0.25, -0.2) is 0 Å². The second-order valence-corrected chi connectivity index (χ2v) is 8.63. The number of carbonyl (C=O) groups is 1. The quantitative estimate of drug-likeness (QED) is 0.469. The molecule has 1 atom stereocenters. The van der Waals surface area contributed by atoms with Crippen molar-refractivity contribution < 1.29 is 9.53 Å². The van der Waals surface area contributed by atoms with Crippen LogP contribution in [0, 0.1) is 0 Å². The molecule has 0 aliphatic rings. The predicted molar refractivity (Wildman–Crippen MR) is 120 cm³/mol. The highest BCUT2D eigenvalue weighted by molar-refractivity contribution is 9.10. The third-order valence-electron chi connectivity index (χ3n) is 4.79. The summed E-state index contributed by atoms with van der Waals surface area (Å²) < 4.78 is 8.72. The number of nitrogens with one attached hydrogen (secondary N) is 2. The van der Waals surface area contributed by atoms with E-state index in [9.17, 15) is 4.79 Å². The van der Waals surface area contributed by atoms with Gasteiger partial charge in [-0.15, -0.1) is 10.2 Å². The summed E-state index contributed by atoms with van der Waals surface area (Å²) in [5.41, 5.74) is 1.06. The van der Waals surface area contributed by atoms with Crippen molar-refractivity contribution in [3.05, 3.63) is 64.5 Å². The van der Waals surface area contributed by atoms with Crippen molar-refractivity contribution in [2.45, 2.75) is 45.4 Å². The summed E-state index contributed by atoms with van der Waals surface area (Å²) in [4.78, 5) is 13.0. The number of nitrogens with zero attached hydrogens (tertiary/aromatic N) is 3. The van der Waals surface area contributed by atoms with E-state index in [4.69, 9.17) is 4.74 Å². The van der Waals surface area contributed by atoms with Crippen molar-refractivity contribution in [1.82, 2.24) is 25.2 Å². The molecular formula is C22H28BrN5O2. The molecule has 30 heavy (non-hydrogen) atoms. The van der Waals surface area contributed by atoms with Crippen LogP contribution in [-0.4, -0.2) is 39.2 Å². The van der Waals surface area contributed by atoms with Gasteiger partial charge in [0.15, 0.2) is 11.5 Å². The number of aromatic nitrogens is 3. The van der Waals surface area contributed by atoms with Crippen LogP contribution in [0.3, 0.4) is 0 Å². The molecule has 2 heterocycles. The molecule has 2 aromatic heterocycles. The first-order chi connectivity index (χ1) is 14.4. The third-order valence-corrected chi connectivity index (χ3v) is 5.26. The number of ether oxygens (including phenoxy) is 1. The number of rotatable bonds is 10. The minimum absolute atomic E-state index is 0.115. The Balaban J connectivity index is 1.80. The molecule has 7 nitrogen and oxygen atoms in total. The molecule has 3 rings (SSSR count). The van der Waals surface area contributed by atoms with Crippen LogP contribution in [-0.2, 0) is 16.1 Å². The van der Waals surface area contributed by atoms with Crippen molar-refractivity contribution in [3.63, 3.8) is 0 Å². The molecule has 0 fully saturated rings. The van der Waals surface area contributed by atoms with Crippen LogP contribution in [0.25, 0.3) is 5.65 Å². The lowest BCUT2D eigenvalue weighted by atomic mass is 10.0. The van der Waals surface area contributed by atoms with E-state index >= 15 is 0 Å². The van der Waals surface area contributed by atoms with Crippen LogP contribution >= 0.6 is 15.9 Å². The smallest absolute Gasteiger partial charge is 0.240 e. The summed E-state index contributed by atoms with van der Waals surface area (Å²) in [6.45, 7) is 7.30. The summed E-state index contributed by atoms with van der Waals surface area (Å²) in [7, 11) is 0. The Morgan fingerprint density at radius 3 is 2.70 bits per heavy atom. The van der Waals surface area contributed by atoms with Gasteiger partial charge < -0.3 is 15.4 Å². The largest absolute Gasteiger partial charge is 0.374 e. The first kappa shape index (κ1) is 22.4. The van der Waals surface area contributed by atoms with E-state index in [2.05, 4.69) is 43.7 Å². The van der Waals surface area contributed by atoms with Gasteiger partial charge in [-0.2, -0.15) is 0 Å². The van der Waals surface area contributed by atoms with Gasteiger partial charge in [0, 0.05) is 10.7 Å². The summed E-state index contributed by atoms with van der Waals surface area (Å²) in [6, 6.07) is 13.3. The van der Waals surface area contributed by atoms with Gasteiger partial charge in [-0.1, -0.05) is 37.3 Å². The van der Waals surface area contributed by atoms with Crippen LogP contribution in [0.5, 0.6) is 0 Å². The van der Waals surface area contributed by atoms with E-state index in [1.54, 1.807) is 0 Å². The van der Waals surface area contributed by atoms with Gasteiger partial charge in [0.1, 0.15) is 6.04 Å². The molecule has 0 spiro atoms. The molecule has 8 heteroatoms. The molecule has 0 bridgehead atoms. The Labute approximate surface area is 185 Å². The van der Waals surface area contributed by atoms with Gasteiger partial charge in [-0.05, 0) is 60.4 Å². The first-order valence-electron chi connectivity index (χ1n) is 10.1. The van der Waals surface area contributed by atoms with Crippen molar-refractivity contribution in [1.29, 1.82) is 0 Å². The Kier molecular flexibility index (Phi) is 7.58. The van der Waals surface area contributed by atoms with E-state index in [1.165, 1.54) is 0 Å². The Hall–Kier alpha value is -2.29. The van der Waals surface area contributed by atoms with Crippen LogP contribution in [0.1, 0.15) is 44.6 Å². The molecule has 0 aliphatic carbocycles. The predicted octanol–water partition coefficient (Wildman–Crippen LogP) is 3.64. The Morgan fingerprint density at radius 2 is 1.97 bits per heavy atom. The Bertz CT molecular complexity index is 974. The number of benzene rings is 1. The lowest BCUT2D eigenvalue weighted by Gasteiger charge is -2.28. The topological polar surface area (TPSA) is 80.5 Å². The standard InChI is InChI=1S/C22H28BrN5O2/c1-4-12-24-22(2,3)21(29)25-18(15-30-14-16-8-6-5-7-9-16)20-27-26-19-11-10-17(23)13-28(19)20/h5-11,13,18,24H,4,12,14-15H2,1-3H3,(H,25,29)/t18-/m1/s1. The number of amides is 1. The number of carbonyl (C=O) groups excluding carboxylic acids is 1. The maximum Gasteiger partial charge on any atom is 0.240 e. The van der Waals surface area contributed by atoms with Crippen LogP contribution in [0.15, 0.2) is 53.1 Å². The summed E-state index contributed by atoms with van der Waals surface area (Å²) in [5.74, 6) is 0.509. The molecule has 2 N–H and O–H groups in total. The molecule has 3 aromatic rings. The zero-order valence-electron chi connectivity index (χ0n) is 17.6. The van der Waals surface area contributed by atoms with E-state index in [-0.39, 0.29) is 12.5 Å². The number of halogens is 1. The van der Waals surface area contributed by atoms with Crippen molar-refractivity contribution in [3.8, 4) is 0 Å². The number of fused-ring (bicyclic) bond motifs is 1. The van der Waals surface area contributed by atoms with Gasteiger partial charge in [0.25, 0.3) is 0 Å². The molecule has 0 unspecified atom stereocenters. The Morgan fingerprint density at radius 1 is 1.20 bits per heavy atom. The van der Waals surface area contributed by atoms with Crippen LogP contribution < -0.4 is 10.6 Å². The summed E-state index contributed by atoms with van der Waals surface area (Å²) in [6.07, 6.45) is 2.84. The zero-order chi connectivity index (χ0) is 21.6. The molecule has 0 saturated carbocycles. The number of hydrogen-bond acceptors (Lipinski definition) is 5. The van der Waals surface area contributed by atoms with Gasteiger partial charge in [0.2, 0.25) is 5.91 Å². The average Bonchev–Trinajstić information content (AvgIpc) is 3.15. The molecule has 0 aliphatic heterocycles. The highest BCUT2D eigenvalue weighted by Crippen LogP contribution is 2.19. The minimum atomic E-state index is -0.714. The maximum atomic E-state index is 13.0. The fraction of sp³-hybridized carbons (Fsp3) is 0.409.